The van der Waals surface area contributed by atoms with Crippen LogP contribution >= 0.6 is 0 Å². The fourth-order valence-electron chi connectivity index (χ4n) is 2.33. The number of hydrogen-bond acceptors (Lipinski definition) is 7. The van der Waals surface area contributed by atoms with Crippen molar-refractivity contribution in [1.29, 1.82) is 0 Å². The molecule has 0 saturated carbocycles. The van der Waals surface area contributed by atoms with Crippen LogP contribution in [-0.4, -0.2) is 52.3 Å². The number of rotatable bonds is 8. The predicted molar refractivity (Wildman–Crippen MR) is 107 cm³/mol. The number of benzene rings is 2. The van der Waals surface area contributed by atoms with Crippen molar-refractivity contribution >= 4 is 21.8 Å². The second-order valence-corrected chi connectivity index (χ2v) is 8.13. The molecule has 0 amide bonds. The molecule has 0 saturated heterocycles. The number of sulfonamides is 1. The van der Waals surface area contributed by atoms with Crippen molar-refractivity contribution in [2.24, 2.45) is 10.9 Å². The Labute approximate surface area is 169 Å². The number of oxime groups is 1. The van der Waals surface area contributed by atoms with Gasteiger partial charge in [-0.1, -0.05) is 22.9 Å². The van der Waals surface area contributed by atoms with Crippen LogP contribution in [0.25, 0.3) is 0 Å². The van der Waals surface area contributed by atoms with Gasteiger partial charge in [0.15, 0.2) is 17.3 Å². The van der Waals surface area contributed by atoms with Crippen molar-refractivity contribution in [2.45, 2.75) is 11.8 Å². The molecule has 0 heterocycles. The quantitative estimate of drug-likeness (QED) is 0.297. The second-order valence-electron chi connectivity index (χ2n) is 6.08. The summed E-state index contributed by atoms with van der Waals surface area (Å²) in [5, 5.41) is 3.57. The van der Waals surface area contributed by atoms with Crippen LogP contribution in [0.4, 0.5) is 0 Å². The third-order valence-corrected chi connectivity index (χ3v) is 5.82. The van der Waals surface area contributed by atoms with Crippen LogP contribution in [0.15, 0.2) is 52.5 Å². The molecule has 2 aromatic rings. The van der Waals surface area contributed by atoms with Crippen molar-refractivity contribution in [1.82, 2.24) is 4.31 Å². The summed E-state index contributed by atoms with van der Waals surface area (Å²) >= 11 is 0. The lowest BCUT2D eigenvalue weighted by atomic mass is 10.2. The maximum absolute atomic E-state index is 12.5. The minimum absolute atomic E-state index is 0.0757. The van der Waals surface area contributed by atoms with Crippen molar-refractivity contribution in [3.05, 3.63) is 53.6 Å². The molecule has 2 rings (SSSR count). The van der Waals surface area contributed by atoms with E-state index in [1.165, 1.54) is 33.4 Å². The van der Waals surface area contributed by atoms with E-state index in [0.717, 1.165) is 9.87 Å². The van der Waals surface area contributed by atoms with Crippen LogP contribution in [0.2, 0.25) is 0 Å². The van der Waals surface area contributed by atoms with E-state index in [2.05, 4.69) is 5.16 Å². The van der Waals surface area contributed by atoms with E-state index in [-0.39, 0.29) is 10.7 Å². The molecule has 0 unspecified atom stereocenters. The first-order valence-electron chi connectivity index (χ1n) is 8.47. The third-order valence-electron chi connectivity index (χ3n) is 4.01. The van der Waals surface area contributed by atoms with Gasteiger partial charge in [0.2, 0.25) is 10.0 Å². The highest BCUT2D eigenvalue weighted by Gasteiger charge is 2.23. The molecule has 2 N–H and O–H groups in total. The Bertz CT molecular complexity index is 1000. The summed E-state index contributed by atoms with van der Waals surface area (Å²) in [6.45, 7) is 1.32. The van der Waals surface area contributed by atoms with E-state index in [1.807, 2.05) is 6.92 Å². The van der Waals surface area contributed by atoms with E-state index >= 15 is 0 Å². The normalized spacial score (nSPS) is 12.0. The van der Waals surface area contributed by atoms with E-state index in [1.54, 1.807) is 30.3 Å². The lowest BCUT2D eigenvalue weighted by Crippen LogP contribution is -2.32. The standard InChI is InChI=1S/C19H23N3O6S/c1-13-5-8-15(9-6-13)29(24,25)22(2)12-18(23)28-21-19(20)14-7-10-16(26-3)17(11-14)27-4/h5-11H,12H2,1-4H3,(H2,20,21). The zero-order valence-electron chi connectivity index (χ0n) is 16.6. The zero-order valence-corrected chi connectivity index (χ0v) is 17.4. The van der Waals surface area contributed by atoms with E-state index < -0.39 is 22.5 Å². The Balaban J connectivity index is 2.05. The van der Waals surface area contributed by atoms with Gasteiger partial charge in [-0.25, -0.2) is 13.2 Å². The molecule has 0 aliphatic heterocycles. The SMILES string of the molecule is COc1ccc(/C(N)=N/OC(=O)CN(C)S(=O)(=O)c2ccc(C)cc2)cc1OC. The molecule has 0 radical (unpaired) electrons. The molecule has 0 aliphatic carbocycles. The predicted octanol–water partition coefficient (Wildman–Crippen LogP) is 1.50. The number of nitrogens with two attached hydrogens (primary N) is 1. The van der Waals surface area contributed by atoms with Crippen LogP contribution in [0.3, 0.4) is 0 Å². The fraction of sp³-hybridized carbons (Fsp3) is 0.263. The van der Waals surface area contributed by atoms with Gasteiger partial charge >= 0.3 is 5.97 Å². The first-order valence-corrected chi connectivity index (χ1v) is 9.91. The molecule has 0 bridgehead atoms. The summed E-state index contributed by atoms with van der Waals surface area (Å²) in [5.41, 5.74) is 7.19. The van der Waals surface area contributed by atoms with Crippen LogP contribution in [0.1, 0.15) is 11.1 Å². The molecule has 9 nitrogen and oxygen atoms in total. The highest BCUT2D eigenvalue weighted by molar-refractivity contribution is 7.89. The van der Waals surface area contributed by atoms with Gasteiger partial charge in [-0.15, -0.1) is 0 Å². The number of nitrogens with zero attached hydrogens (tertiary/aromatic N) is 2. The highest BCUT2D eigenvalue weighted by Crippen LogP contribution is 2.27. The van der Waals surface area contributed by atoms with Crippen molar-refractivity contribution < 1.29 is 27.5 Å². The van der Waals surface area contributed by atoms with Gasteiger partial charge in [0.05, 0.1) is 19.1 Å². The van der Waals surface area contributed by atoms with Crippen molar-refractivity contribution in [2.75, 3.05) is 27.8 Å². The molecule has 2 aromatic carbocycles. The number of carbonyl (C=O) groups excluding carboxylic acids is 1. The maximum atomic E-state index is 12.5. The monoisotopic (exact) mass is 421 g/mol. The zero-order chi connectivity index (χ0) is 21.6. The van der Waals surface area contributed by atoms with Gasteiger partial charge in [-0.2, -0.15) is 4.31 Å². The van der Waals surface area contributed by atoms with Gasteiger partial charge in [-0.05, 0) is 37.3 Å². The highest BCUT2D eigenvalue weighted by atomic mass is 32.2. The van der Waals surface area contributed by atoms with Crippen LogP contribution < -0.4 is 15.2 Å². The molecular formula is C19H23N3O6S. The number of methoxy groups -OCH3 is 2. The van der Waals surface area contributed by atoms with Crippen LogP contribution in [0, 0.1) is 6.92 Å². The number of likely N-dealkylation sites (N-methyl/N-ethyl adjacent to an activating group) is 1. The van der Waals surface area contributed by atoms with Gasteiger partial charge in [-0.3, -0.25) is 0 Å². The molecule has 0 aliphatic rings. The Morgan fingerprint density at radius 3 is 2.28 bits per heavy atom. The Morgan fingerprint density at radius 1 is 1.07 bits per heavy atom. The minimum Gasteiger partial charge on any atom is -0.493 e. The molecular weight excluding hydrogens is 398 g/mol. The Kier molecular flexibility index (Phi) is 7.18. The van der Waals surface area contributed by atoms with Crippen LogP contribution in [0.5, 0.6) is 11.5 Å². The summed E-state index contributed by atoms with van der Waals surface area (Å²) in [5.74, 6) is -0.0302. The number of carbonyl (C=O) groups is 1. The molecule has 0 aromatic heterocycles. The minimum atomic E-state index is -3.84. The summed E-state index contributed by atoms with van der Waals surface area (Å²) in [4.78, 5) is 16.8. The van der Waals surface area contributed by atoms with Crippen LogP contribution in [-0.2, 0) is 19.7 Å². The molecule has 0 fully saturated rings. The fourth-order valence-corrected chi connectivity index (χ4v) is 3.45. The third kappa shape index (κ3) is 5.46. The maximum Gasteiger partial charge on any atom is 0.350 e. The molecule has 0 atom stereocenters. The topological polar surface area (TPSA) is 121 Å². The lowest BCUT2D eigenvalue weighted by Gasteiger charge is -2.15. The summed E-state index contributed by atoms with van der Waals surface area (Å²) in [7, 11) is 0.409. The smallest absolute Gasteiger partial charge is 0.350 e. The second kappa shape index (κ2) is 9.39. The van der Waals surface area contributed by atoms with Crippen molar-refractivity contribution in [3.63, 3.8) is 0 Å². The molecule has 29 heavy (non-hydrogen) atoms. The first kappa shape index (κ1) is 22.2. The molecule has 156 valence electrons. The summed E-state index contributed by atoms with van der Waals surface area (Å²) in [6.07, 6.45) is 0. The van der Waals surface area contributed by atoms with Gasteiger partial charge in [0.1, 0.15) is 6.54 Å². The molecule has 0 spiro atoms. The summed E-state index contributed by atoms with van der Waals surface area (Å²) < 4.78 is 36.2. The molecule has 10 heteroatoms. The van der Waals surface area contributed by atoms with Crippen molar-refractivity contribution in [3.8, 4) is 11.5 Å². The lowest BCUT2D eigenvalue weighted by molar-refractivity contribution is -0.143. The number of ether oxygens (including phenoxy) is 2. The van der Waals surface area contributed by atoms with E-state index in [9.17, 15) is 13.2 Å². The van der Waals surface area contributed by atoms with E-state index in [4.69, 9.17) is 20.0 Å². The van der Waals surface area contributed by atoms with Gasteiger partial charge in [0.25, 0.3) is 0 Å². The number of aryl methyl sites for hydroxylation is 1. The number of amidine groups is 1. The average molecular weight is 421 g/mol. The largest absolute Gasteiger partial charge is 0.493 e. The van der Waals surface area contributed by atoms with Gasteiger partial charge < -0.3 is 20.0 Å². The average Bonchev–Trinajstić information content (AvgIpc) is 2.71. The Hall–Kier alpha value is -3.11. The number of hydrogen-bond donors (Lipinski definition) is 1. The van der Waals surface area contributed by atoms with E-state index in [0.29, 0.717) is 17.1 Å². The van der Waals surface area contributed by atoms with Gasteiger partial charge in [0, 0.05) is 12.6 Å². The Morgan fingerprint density at radius 2 is 1.69 bits per heavy atom. The first-order chi connectivity index (χ1) is 13.7. The summed E-state index contributed by atoms with van der Waals surface area (Å²) in [6, 6.07) is 11.1.